The predicted octanol–water partition coefficient (Wildman–Crippen LogP) is 5.88. The molecular weight excluding hydrogens is 577 g/mol. The second-order valence-electron chi connectivity index (χ2n) is 11.7. The molecule has 2 amide bonds. The van der Waals surface area contributed by atoms with Crippen molar-refractivity contribution in [3.63, 3.8) is 0 Å². The Kier molecular flexibility index (Phi) is 10.2. The molecule has 0 aliphatic heterocycles. The Balaban J connectivity index is 1.82. The number of anilines is 1. The first-order chi connectivity index (χ1) is 20.8. The Morgan fingerprint density at radius 2 is 1.41 bits per heavy atom. The van der Waals surface area contributed by atoms with Crippen LogP contribution in [0.1, 0.15) is 37.5 Å². The van der Waals surface area contributed by atoms with Gasteiger partial charge in [0.15, 0.2) is 0 Å². The number of halogens is 1. The highest BCUT2D eigenvalue weighted by Gasteiger charge is 2.36. The number of sulfonamides is 1. The molecule has 0 saturated heterocycles. The first-order valence-corrected chi connectivity index (χ1v) is 15.8. The fourth-order valence-corrected chi connectivity index (χ4v) is 6.34. The minimum absolute atomic E-state index is 0.0338. The number of carbonyl (C=O) groups excluding carboxylic acids is 2. The van der Waals surface area contributed by atoms with Gasteiger partial charge in [0, 0.05) is 18.5 Å². The Labute approximate surface area is 259 Å². The summed E-state index contributed by atoms with van der Waals surface area (Å²) in [5.74, 6) is -1.83. The third-order valence-corrected chi connectivity index (χ3v) is 8.71. The number of nitrogens with zero attached hydrogens (tertiary/aromatic N) is 2. The zero-order valence-electron chi connectivity index (χ0n) is 25.4. The highest BCUT2D eigenvalue weighted by atomic mass is 32.2. The monoisotopic (exact) mass is 615 g/mol. The maximum absolute atomic E-state index is 15.2. The predicted molar refractivity (Wildman–Crippen MR) is 171 cm³/mol. The van der Waals surface area contributed by atoms with E-state index in [4.69, 9.17) is 0 Å². The second kappa shape index (κ2) is 13.9. The van der Waals surface area contributed by atoms with Gasteiger partial charge in [0.2, 0.25) is 11.8 Å². The summed E-state index contributed by atoms with van der Waals surface area (Å²) in [4.78, 5) is 29.6. The van der Waals surface area contributed by atoms with E-state index in [2.05, 4.69) is 5.32 Å². The van der Waals surface area contributed by atoms with Crippen molar-refractivity contribution < 1.29 is 22.4 Å². The third-order valence-electron chi connectivity index (χ3n) is 6.94. The summed E-state index contributed by atoms with van der Waals surface area (Å²) in [6, 6.07) is 28.9. The lowest BCUT2D eigenvalue weighted by molar-refractivity contribution is -0.140. The molecule has 9 heteroatoms. The summed E-state index contributed by atoms with van der Waals surface area (Å²) in [5.41, 5.74) is 1.70. The summed E-state index contributed by atoms with van der Waals surface area (Å²) in [5, 5.41) is 3.00. The summed E-state index contributed by atoms with van der Waals surface area (Å²) in [6.45, 7) is 6.79. The fraction of sp³-hybridized carbons (Fsp3) is 0.257. The van der Waals surface area contributed by atoms with Crippen molar-refractivity contribution in [2.45, 2.75) is 57.1 Å². The van der Waals surface area contributed by atoms with Gasteiger partial charge in [0.05, 0.1) is 10.6 Å². The summed E-state index contributed by atoms with van der Waals surface area (Å²) in [7, 11) is -4.37. The average molecular weight is 616 g/mol. The quantitative estimate of drug-likeness (QED) is 0.228. The lowest BCUT2D eigenvalue weighted by Crippen LogP contribution is -2.56. The van der Waals surface area contributed by atoms with Crippen molar-refractivity contribution in [2.24, 2.45) is 0 Å². The van der Waals surface area contributed by atoms with Crippen molar-refractivity contribution in [3.8, 4) is 0 Å². The van der Waals surface area contributed by atoms with E-state index in [9.17, 15) is 18.0 Å². The van der Waals surface area contributed by atoms with E-state index in [-0.39, 0.29) is 29.5 Å². The van der Waals surface area contributed by atoms with Gasteiger partial charge in [0.25, 0.3) is 10.0 Å². The van der Waals surface area contributed by atoms with Crippen LogP contribution in [0.4, 0.5) is 10.1 Å². The molecule has 0 aliphatic carbocycles. The molecule has 0 saturated carbocycles. The van der Waals surface area contributed by atoms with Gasteiger partial charge in [-0.3, -0.25) is 13.9 Å². The molecule has 4 aromatic carbocycles. The number of aryl methyl sites for hydroxylation is 1. The zero-order valence-corrected chi connectivity index (χ0v) is 26.2. The van der Waals surface area contributed by atoms with E-state index >= 15 is 4.39 Å². The maximum Gasteiger partial charge on any atom is 0.264 e. The first kappa shape index (κ1) is 32.4. The van der Waals surface area contributed by atoms with Crippen LogP contribution in [0.15, 0.2) is 114 Å². The molecule has 44 heavy (non-hydrogen) atoms. The lowest BCUT2D eigenvalue weighted by Gasteiger charge is -2.35. The summed E-state index contributed by atoms with van der Waals surface area (Å²) < 4.78 is 43.9. The molecule has 4 aromatic rings. The van der Waals surface area contributed by atoms with Crippen LogP contribution in [0.25, 0.3) is 0 Å². The molecule has 1 atom stereocenters. The van der Waals surface area contributed by atoms with Crippen molar-refractivity contribution in [2.75, 3.05) is 10.8 Å². The van der Waals surface area contributed by atoms with Crippen LogP contribution in [0.3, 0.4) is 0 Å². The Morgan fingerprint density at radius 3 is 2.02 bits per heavy atom. The van der Waals surface area contributed by atoms with Gasteiger partial charge in [-0.05, 0) is 63.1 Å². The molecule has 0 heterocycles. The van der Waals surface area contributed by atoms with Gasteiger partial charge in [-0.1, -0.05) is 90.5 Å². The highest BCUT2D eigenvalue weighted by molar-refractivity contribution is 7.92. The van der Waals surface area contributed by atoms with Crippen LogP contribution in [0, 0.1) is 12.7 Å². The standard InChI is InChI=1S/C35H38FN3O4S/c1-26-14-13-17-28(22-26)24-38(32(34(41)37-35(2,3)4)23-27-15-7-5-8-16-27)33(40)25-39(31-21-12-11-20-30(31)36)44(42,43)29-18-9-6-10-19-29/h5-22,32H,23-25H2,1-4H3,(H,37,41)/t32-/m1/s1. The zero-order chi connectivity index (χ0) is 31.9. The van der Waals surface area contributed by atoms with Gasteiger partial charge in [-0.2, -0.15) is 0 Å². The Morgan fingerprint density at radius 1 is 0.818 bits per heavy atom. The number of rotatable bonds is 11. The van der Waals surface area contributed by atoms with Crippen molar-refractivity contribution in [1.29, 1.82) is 0 Å². The molecular formula is C35H38FN3O4S. The number of hydrogen-bond acceptors (Lipinski definition) is 4. The van der Waals surface area contributed by atoms with Crippen LogP contribution < -0.4 is 9.62 Å². The normalized spacial score (nSPS) is 12.3. The number of amides is 2. The van der Waals surface area contributed by atoms with Gasteiger partial charge in [0.1, 0.15) is 18.4 Å². The molecule has 0 spiro atoms. The van der Waals surface area contributed by atoms with Crippen LogP contribution >= 0.6 is 0 Å². The largest absolute Gasteiger partial charge is 0.350 e. The van der Waals surface area contributed by atoms with E-state index in [1.165, 1.54) is 35.2 Å². The summed E-state index contributed by atoms with van der Waals surface area (Å²) in [6.07, 6.45) is 0.186. The van der Waals surface area contributed by atoms with Crippen LogP contribution in [-0.4, -0.2) is 43.3 Å². The minimum Gasteiger partial charge on any atom is -0.350 e. The number of benzene rings is 4. The lowest BCUT2D eigenvalue weighted by atomic mass is 10.0. The molecule has 0 radical (unpaired) electrons. The average Bonchev–Trinajstić information content (AvgIpc) is 2.98. The number of carbonyl (C=O) groups is 2. The molecule has 4 rings (SSSR count). The first-order valence-electron chi connectivity index (χ1n) is 14.4. The van der Waals surface area contributed by atoms with Gasteiger partial charge in [-0.15, -0.1) is 0 Å². The second-order valence-corrected chi connectivity index (χ2v) is 13.6. The van der Waals surface area contributed by atoms with E-state index in [1.54, 1.807) is 18.2 Å². The molecule has 0 aliphatic rings. The smallest absolute Gasteiger partial charge is 0.264 e. The van der Waals surface area contributed by atoms with Crippen LogP contribution in [0.2, 0.25) is 0 Å². The third kappa shape index (κ3) is 8.32. The number of hydrogen-bond donors (Lipinski definition) is 1. The number of nitrogens with one attached hydrogen (secondary N) is 1. The fourth-order valence-electron chi connectivity index (χ4n) is 4.90. The van der Waals surface area contributed by atoms with Crippen molar-refractivity contribution in [3.05, 3.63) is 132 Å². The van der Waals surface area contributed by atoms with Crippen molar-refractivity contribution >= 4 is 27.5 Å². The maximum atomic E-state index is 15.2. The van der Waals surface area contributed by atoms with Crippen LogP contribution in [0.5, 0.6) is 0 Å². The van der Waals surface area contributed by atoms with E-state index < -0.39 is 39.9 Å². The highest BCUT2D eigenvalue weighted by Crippen LogP contribution is 2.27. The van der Waals surface area contributed by atoms with Gasteiger partial charge >= 0.3 is 0 Å². The SMILES string of the molecule is Cc1cccc(CN(C(=O)CN(c2ccccc2F)S(=O)(=O)c2ccccc2)[C@H](Cc2ccccc2)C(=O)NC(C)(C)C)c1. The minimum atomic E-state index is -4.37. The molecule has 0 fully saturated rings. The summed E-state index contributed by atoms with van der Waals surface area (Å²) >= 11 is 0. The van der Waals surface area contributed by atoms with E-state index in [0.29, 0.717) is 0 Å². The molecule has 0 bridgehead atoms. The Hall–Kier alpha value is -4.50. The van der Waals surface area contributed by atoms with Gasteiger partial charge < -0.3 is 10.2 Å². The molecule has 0 unspecified atom stereocenters. The van der Waals surface area contributed by atoms with Crippen LogP contribution in [-0.2, 0) is 32.6 Å². The molecule has 230 valence electrons. The van der Waals surface area contributed by atoms with E-state index in [1.807, 2.05) is 82.3 Å². The molecule has 0 aromatic heterocycles. The molecule has 1 N–H and O–H groups in total. The molecule has 7 nitrogen and oxygen atoms in total. The topological polar surface area (TPSA) is 86.8 Å². The van der Waals surface area contributed by atoms with Crippen molar-refractivity contribution in [1.82, 2.24) is 10.2 Å². The number of para-hydroxylation sites is 1. The van der Waals surface area contributed by atoms with E-state index in [0.717, 1.165) is 27.1 Å². The van der Waals surface area contributed by atoms with Gasteiger partial charge in [-0.25, -0.2) is 12.8 Å². The Bertz CT molecular complexity index is 1690.